The standard InChI is InChI=1S/C23H27ClFN3O3/c1-31-22-12-17(4-7-19(22)25)23(30)28-14-20(21(29)15-28)27-10-8-26(9-11-27)13-16-2-5-18(24)6-3-16/h2-7,12,20-21,29H,8-11,13-15H2,1H3/t20-,21?/m0/s1. The molecule has 2 atom stereocenters. The van der Waals surface area contributed by atoms with Gasteiger partial charge in [-0.3, -0.25) is 14.6 Å². The lowest BCUT2D eigenvalue weighted by Gasteiger charge is -2.38. The predicted octanol–water partition coefficient (Wildman–Crippen LogP) is 2.49. The van der Waals surface area contributed by atoms with Crippen molar-refractivity contribution in [1.82, 2.24) is 14.7 Å². The van der Waals surface area contributed by atoms with E-state index in [0.717, 1.165) is 37.7 Å². The lowest BCUT2D eigenvalue weighted by atomic mass is 10.1. The van der Waals surface area contributed by atoms with E-state index < -0.39 is 11.9 Å². The lowest BCUT2D eigenvalue weighted by molar-refractivity contribution is 0.0423. The fourth-order valence-corrected chi connectivity index (χ4v) is 4.50. The fraction of sp³-hybridized carbons (Fsp3) is 0.435. The van der Waals surface area contributed by atoms with Crippen molar-refractivity contribution in [3.8, 4) is 5.75 Å². The van der Waals surface area contributed by atoms with Gasteiger partial charge >= 0.3 is 0 Å². The van der Waals surface area contributed by atoms with E-state index in [1.165, 1.54) is 30.9 Å². The Morgan fingerprint density at radius 2 is 1.84 bits per heavy atom. The highest BCUT2D eigenvalue weighted by molar-refractivity contribution is 6.30. The number of carbonyl (C=O) groups is 1. The molecule has 1 amide bonds. The maximum Gasteiger partial charge on any atom is 0.254 e. The number of likely N-dealkylation sites (tertiary alicyclic amines) is 1. The summed E-state index contributed by atoms with van der Waals surface area (Å²) in [4.78, 5) is 19.2. The van der Waals surface area contributed by atoms with Gasteiger partial charge in [-0.1, -0.05) is 23.7 Å². The number of aliphatic hydroxyl groups excluding tert-OH is 1. The van der Waals surface area contributed by atoms with Crippen molar-refractivity contribution in [3.05, 3.63) is 64.4 Å². The number of hydrogen-bond acceptors (Lipinski definition) is 5. The topological polar surface area (TPSA) is 56.2 Å². The number of amides is 1. The number of halogens is 2. The molecule has 2 aromatic carbocycles. The second-order valence-corrected chi connectivity index (χ2v) is 8.57. The number of aliphatic hydroxyl groups is 1. The second kappa shape index (κ2) is 9.53. The van der Waals surface area contributed by atoms with E-state index in [2.05, 4.69) is 9.80 Å². The molecule has 0 bridgehead atoms. The van der Waals surface area contributed by atoms with Crippen LogP contribution in [0.15, 0.2) is 42.5 Å². The number of nitrogens with zero attached hydrogens (tertiary/aromatic N) is 3. The summed E-state index contributed by atoms with van der Waals surface area (Å²) in [5.74, 6) is -0.685. The molecule has 2 aliphatic rings. The van der Waals surface area contributed by atoms with Gasteiger partial charge in [-0.05, 0) is 35.9 Å². The summed E-state index contributed by atoms with van der Waals surface area (Å²) < 4.78 is 18.6. The van der Waals surface area contributed by atoms with E-state index in [1.54, 1.807) is 4.90 Å². The first-order valence-electron chi connectivity index (χ1n) is 10.5. The van der Waals surface area contributed by atoms with Crippen molar-refractivity contribution in [2.45, 2.75) is 18.7 Å². The Morgan fingerprint density at radius 3 is 2.52 bits per heavy atom. The second-order valence-electron chi connectivity index (χ2n) is 8.13. The summed E-state index contributed by atoms with van der Waals surface area (Å²) in [7, 11) is 1.37. The zero-order chi connectivity index (χ0) is 22.0. The lowest BCUT2D eigenvalue weighted by Crippen LogP contribution is -2.53. The maximum absolute atomic E-state index is 13.7. The van der Waals surface area contributed by atoms with Crippen LogP contribution < -0.4 is 4.74 Å². The van der Waals surface area contributed by atoms with Gasteiger partial charge in [0.1, 0.15) is 0 Å². The van der Waals surface area contributed by atoms with Gasteiger partial charge in [0, 0.05) is 56.4 Å². The predicted molar refractivity (Wildman–Crippen MR) is 117 cm³/mol. The quantitative estimate of drug-likeness (QED) is 0.763. The Kier molecular flexibility index (Phi) is 6.77. The van der Waals surface area contributed by atoms with Crippen LogP contribution in [0.5, 0.6) is 5.75 Å². The van der Waals surface area contributed by atoms with Gasteiger partial charge in [-0.2, -0.15) is 0 Å². The molecule has 0 aromatic heterocycles. The molecule has 6 nitrogen and oxygen atoms in total. The zero-order valence-corrected chi connectivity index (χ0v) is 18.3. The molecule has 2 saturated heterocycles. The summed E-state index contributed by atoms with van der Waals surface area (Å²) in [6.45, 7) is 5.06. The SMILES string of the molecule is COc1cc(C(=O)N2CC(O)[C@@H](N3CCN(Cc4ccc(Cl)cc4)CC3)C2)ccc1F. The number of rotatable bonds is 5. The van der Waals surface area contributed by atoms with E-state index in [-0.39, 0.29) is 24.2 Å². The molecular weight excluding hydrogens is 421 g/mol. The van der Waals surface area contributed by atoms with Crippen LogP contribution in [0.4, 0.5) is 4.39 Å². The Balaban J connectivity index is 1.33. The van der Waals surface area contributed by atoms with E-state index in [4.69, 9.17) is 16.3 Å². The number of piperazine rings is 1. The van der Waals surface area contributed by atoms with Crippen LogP contribution in [0.1, 0.15) is 15.9 Å². The van der Waals surface area contributed by atoms with Crippen molar-refractivity contribution < 1.29 is 19.0 Å². The molecule has 0 aliphatic carbocycles. The molecule has 166 valence electrons. The molecule has 8 heteroatoms. The summed E-state index contributed by atoms with van der Waals surface area (Å²) in [5, 5.41) is 11.4. The van der Waals surface area contributed by atoms with Crippen LogP contribution in [0.2, 0.25) is 5.02 Å². The van der Waals surface area contributed by atoms with Gasteiger partial charge in [0.15, 0.2) is 11.6 Å². The molecule has 0 radical (unpaired) electrons. The molecule has 0 saturated carbocycles. The van der Waals surface area contributed by atoms with Crippen LogP contribution in [-0.4, -0.2) is 84.2 Å². The first-order valence-corrected chi connectivity index (χ1v) is 10.8. The first-order chi connectivity index (χ1) is 14.9. The molecule has 1 unspecified atom stereocenters. The van der Waals surface area contributed by atoms with Crippen LogP contribution in [-0.2, 0) is 6.54 Å². The molecule has 2 fully saturated rings. The van der Waals surface area contributed by atoms with Crippen LogP contribution in [0.25, 0.3) is 0 Å². The van der Waals surface area contributed by atoms with Gasteiger partial charge in [-0.25, -0.2) is 4.39 Å². The smallest absolute Gasteiger partial charge is 0.254 e. The minimum Gasteiger partial charge on any atom is -0.494 e. The molecule has 0 spiro atoms. The number of benzene rings is 2. The first kappa shape index (κ1) is 22.0. The van der Waals surface area contributed by atoms with Gasteiger partial charge in [0.05, 0.1) is 19.3 Å². The van der Waals surface area contributed by atoms with E-state index in [0.29, 0.717) is 12.1 Å². The maximum atomic E-state index is 13.7. The molecule has 4 rings (SSSR count). The van der Waals surface area contributed by atoms with Crippen molar-refractivity contribution >= 4 is 17.5 Å². The monoisotopic (exact) mass is 447 g/mol. The van der Waals surface area contributed by atoms with Crippen LogP contribution in [0.3, 0.4) is 0 Å². The third kappa shape index (κ3) is 5.01. The van der Waals surface area contributed by atoms with Crippen LogP contribution >= 0.6 is 11.6 Å². The van der Waals surface area contributed by atoms with Gasteiger partial charge < -0.3 is 14.7 Å². The minimum absolute atomic E-state index is 0.0407. The summed E-state index contributed by atoms with van der Waals surface area (Å²) in [6, 6.07) is 11.9. The highest BCUT2D eigenvalue weighted by Crippen LogP contribution is 2.24. The van der Waals surface area contributed by atoms with Gasteiger partial charge in [-0.15, -0.1) is 0 Å². The summed E-state index contributed by atoms with van der Waals surface area (Å²) in [6.07, 6.45) is -0.603. The molecule has 1 N–H and O–H groups in total. The zero-order valence-electron chi connectivity index (χ0n) is 17.5. The van der Waals surface area contributed by atoms with Crippen molar-refractivity contribution in [1.29, 1.82) is 0 Å². The van der Waals surface area contributed by atoms with Gasteiger partial charge in [0.25, 0.3) is 5.91 Å². The van der Waals surface area contributed by atoms with E-state index in [9.17, 15) is 14.3 Å². The molecule has 2 heterocycles. The van der Waals surface area contributed by atoms with Crippen molar-refractivity contribution in [2.24, 2.45) is 0 Å². The van der Waals surface area contributed by atoms with E-state index >= 15 is 0 Å². The van der Waals surface area contributed by atoms with E-state index in [1.807, 2.05) is 24.3 Å². The Morgan fingerprint density at radius 1 is 1.13 bits per heavy atom. The third-order valence-corrected chi connectivity index (χ3v) is 6.39. The number of ether oxygens (including phenoxy) is 1. The highest BCUT2D eigenvalue weighted by atomic mass is 35.5. The van der Waals surface area contributed by atoms with Gasteiger partial charge in [0.2, 0.25) is 0 Å². The van der Waals surface area contributed by atoms with Crippen molar-refractivity contribution in [2.75, 3.05) is 46.4 Å². The largest absolute Gasteiger partial charge is 0.494 e. The summed E-state index contributed by atoms with van der Waals surface area (Å²) >= 11 is 5.96. The Hall–Kier alpha value is -2.19. The Labute approximate surface area is 186 Å². The average molecular weight is 448 g/mol. The summed E-state index contributed by atoms with van der Waals surface area (Å²) in [5.41, 5.74) is 1.59. The highest BCUT2D eigenvalue weighted by Gasteiger charge is 2.39. The van der Waals surface area contributed by atoms with Crippen molar-refractivity contribution in [3.63, 3.8) is 0 Å². The third-order valence-electron chi connectivity index (χ3n) is 6.14. The molecule has 31 heavy (non-hydrogen) atoms. The minimum atomic E-state index is -0.603. The van der Waals surface area contributed by atoms with Crippen LogP contribution in [0, 0.1) is 5.82 Å². The normalized spacial score (nSPS) is 22.6. The Bertz CT molecular complexity index is 919. The number of hydrogen-bond donors (Lipinski definition) is 1. The molecule has 2 aromatic rings. The molecular formula is C23H27ClFN3O3. The number of methoxy groups -OCH3 is 1. The fourth-order valence-electron chi connectivity index (χ4n) is 4.37. The number of β-amino-alcohol motifs (C(OH)–C–C–N with tert-alkyl or cyclic N) is 1. The average Bonchev–Trinajstić information content (AvgIpc) is 3.17. The molecule has 2 aliphatic heterocycles. The number of carbonyl (C=O) groups excluding carboxylic acids is 1.